The van der Waals surface area contributed by atoms with Crippen molar-refractivity contribution in [3.8, 4) is 0 Å². The Hall–Kier alpha value is -2.28. The normalized spacial score (nSPS) is 21.4. The van der Waals surface area contributed by atoms with E-state index in [1.54, 1.807) is 12.1 Å². The molecule has 14 nitrogen and oxygen atoms in total. The van der Waals surface area contributed by atoms with Gasteiger partial charge < -0.3 is 26.0 Å². The number of nitrogen functional groups attached to an aromatic ring is 1. The fourth-order valence-corrected chi connectivity index (χ4v) is 5.69. The Kier molecular flexibility index (Phi) is 9.74. The first kappa shape index (κ1) is 30.7. The highest BCUT2D eigenvalue weighted by Gasteiger charge is 2.45. The van der Waals surface area contributed by atoms with Crippen LogP contribution in [0.5, 0.6) is 0 Å². The number of rotatable bonds is 11. The Labute approximate surface area is 244 Å². The van der Waals surface area contributed by atoms with Crippen molar-refractivity contribution in [3.05, 3.63) is 40.1 Å². The maximum atomic E-state index is 12.6. The number of ether oxygens (including phenoxy) is 1. The number of carbonyl (C=O) groups excluding carboxylic acids is 1. The van der Waals surface area contributed by atoms with Crippen molar-refractivity contribution in [2.75, 3.05) is 38.7 Å². The van der Waals surface area contributed by atoms with E-state index in [9.17, 15) is 23.4 Å². The van der Waals surface area contributed by atoms with Crippen LogP contribution in [0.4, 0.5) is 5.82 Å². The fourth-order valence-electron chi connectivity index (χ4n) is 3.89. The molecule has 6 N–H and O–H groups in total. The van der Waals surface area contributed by atoms with Gasteiger partial charge in [-0.25, -0.2) is 15.0 Å². The lowest BCUT2D eigenvalue weighted by molar-refractivity contribution is -0.118. The van der Waals surface area contributed by atoms with Gasteiger partial charge in [0.15, 0.2) is 28.4 Å². The summed E-state index contributed by atoms with van der Waals surface area (Å²) < 4.78 is 34.8. The van der Waals surface area contributed by atoms with Crippen LogP contribution in [0.15, 0.2) is 29.7 Å². The second-order valence-corrected chi connectivity index (χ2v) is 12.7. The maximum absolute atomic E-state index is 12.6. The number of fused-ring (bicyclic) bond motifs is 1. The van der Waals surface area contributed by atoms with Gasteiger partial charge in [-0.05, 0) is 24.1 Å². The number of hydrogen-bond donors (Lipinski definition) is 5. The zero-order chi connectivity index (χ0) is 29.2. The molecule has 0 saturated carbocycles. The number of anilines is 1. The average Bonchev–Trinajstić information content (AvgIpc) is 3.41. The predicted octanol–water partition coefficient (Wildman–Crippen LogP) is 0.182. The van der Waals surface area contributed by atoms with Gasteiger partial charge in [-0.2, -0.15) is 17.4 Å². The first-order valence-electron chi connectivity index (χ1n) is 11.9. The van der Waals surface area contributed by atoms with Crippen molar-refractivity contribution < 1.29 is 28.2 Å². The van der Waals surface area contributed by atoms with Gasteiger partial charge in [0.25, 0.3) is 10.2 Å². The zero-order valence-electron chi connectivity index (χ0n) is 21.4. The Morgan fingerprint density at radius 2 is 1.98 bits per heavy atom. The summed E-state index contributed by atoms with van der Waals surface area (Å²) in [6.07, 6.45) is -3.45. The summed E-state index contributed by atoms with van der Waals surface area (Å²) in [6.45, 7) is 0.0517. The molecule has 1 saturated heterocycles. The minimum atomic E-state index is -3.80. The molecular formula is C22H28Cl2N8O6S2. The molecule has 0 bridgehead atoms. The molecule has 1 fully saturated rings. The Morgan fingerprint density at radius 3 is 2.67 bits per heavy atom. The molecular weight excluding hydrogens is 607 g/mol. The van der Waals surface area contributed by atoms with Crippen molar-refractivity contribution >= 4 is 68.1 Å². The zero-order valence-corrected chi connectivity index (χ0v) is 24.5. The van der Waals surface area contributed by atoms with Crippen LogP contribution in [0.1, 0.15) is 11.8 Å². The minimum Gasteiger partial charge on any atom is -0.387 e. The number of aliphatic hydroxyl groups excluding tert-OH is 2. The van der Waals surface area contributed by atoms with Gasteiger partial charge in [-0.3, -0.25) is 9.36 Å². The predicted molar refractivity (Wildman–Crippen MR) is 150 cm³/mol. The lowest BCUT2D eigenvalue weighted by Gasteiger charge is -2.19. The molecule has 1 aromatic carbocycles. The van der Waals surface area contributed by atoms with Gasteiger partial charge >= 0.3 is 0 Å². The molecule has 0 unspecified atom stereocenters. The fraction of sp³-hybridized carbons (Fsp3) is 0.455. The van der Waals surface area contributed by atoms with Crippen LogP contribution in [0.25, 0.3) is 11.2 Å². The third-order valence-corrected chi connectivity index (χ3v) is 9.25. The highest BCUT2D eigenvalue weighted by atomic mass is 35.5. The number of carbonyl (C=O) groups is 1. The monoisotopic (exact) mass is 634 g/mol. The van der Waals surface area contributed by atoms with E-state index in [2.05, 4.69) is 25.0 Å². The van der Waals surface area contributed by atoms with Gasteiger partial charge in [0.05, 0.1) is 15.8 Å². The molecule has 1 aliphatic rings. The van der Waals surface area contributed by atoms with E-state index in [-0.39, 0.29) is 40.3 Å². The lowest BCUT2D eigenvalue weighted by atomic mass is 10.1. The molecule has 1 amide bonds. The molecule has 4 atom stereocenters. The number of halogens is 2. The number of amides is 1. The van der Waals surface area contributed by atoms with E-state index in [0.717, 1.165) is 21.6 Å². The summed E-state index contributed by atoms with van der Waals surface area (Å²) in [5.74, 6) is -0.262. The summed E-state index contributed by atoms with van der Waals surface area (Å²) in [5, 5.41) is 25.4. The number of thioether (sulfide) groups is 1. The van der Waals surface area contributed by atoms with Crippen molar-refractivity contribution in [1.82, 2.24) is 33.9 Å². The Morgan fingerprint density at radius 1 is 1.23 bits per heavy atom. The molecule has 0 aliphatic carbocycles. The van der Waals surface area contributed by atoms with Crippen molar-refractivity contribution in [2.24, 2.45) is 0 Å². The molecule has 0 radical (unpaired) electrons. The minimum absolute atomic E-state index is 0.0462. The smallest absolute Gasteiger partial charge is 0.279 e. The molecule has 2 aromatic heterocycles. The summed E-state index contributed by atoms with van der Waals surface area (Å²) >= 11 is 13.0. The van der Waals surface area contributed by atoms with Crippen LogP contribution in [-0.4, -0.2) is 99.6 Å². The van der Waals surface area contributed by atoms with Crippen LogP contribution < -0.4 is 15.8 Å². The van der Waals surface area contributed by atoms with E-state index >= 15 is 0 Å². The van der Waals surface area contributed by atoms with Crippen LogP contribution in [0, 0.1) is 0 Å². The number of aromatic nitrogens is 4. The standard InChI is InChI=1S/C22H28Cl2N8O6S2/c1-31(2)40(36,37)29-8-14-17(34)18(35)21(38-14)32-20-16(19(25)27-10-28-20)30-22(32)39-9-15(33)26-6-5-11-3-4-12(23)13(24)7-11/h3-4,7,10,14,17-18,21,29,34-35H,5-6,8-9H2,1-2H3,(H,26,33)(H2,25,27,28)/t14-,17-,18-,21-/m1/s1. The third-order valence-electron chi connectivity index (χ3n) is 6.06. The largest absolute Gasteiger partial charge is 0.387 e. The van der Waals surface area contributed by atoms with Gasteiger partial charge in [-0.1, -0.05) is 41.0 Å². The number of hydrogen-bond acceptors (Lipinski definition) is 11. The quantitative estimate of drug-likeness (QED) is 0.180. The molecule has 218 valence electrons. The van der Waals surface area contributed by atoms with E-state index in [1.165, 1.54) is 25.0 Å². The van der Waals surface area contributed by atoms with Crippen molar-refractivity contribution in [3.63, 3.8) is 0 Å². The van der Waals surface area contributed by atoms with Crippen LogP contribution >= 0.6 is 35.0 Å². The molecule has 0 spiro atoms. The molecule has 3 aromatic rings. The molecule has 40 heavy (non-hydrogen) atoms. The summed E-state index contributed by atoms with van der Waals surface area (Å²) in [4.78, 5) is 25.2. The topological polar surface area (TPSA) is 198 Å². The average molecular weight is 636 g/mol. The van der Waals surface area contributed by atoms with E-state index < -0.39 is 34.7 Å². The number of aliphatic hydroxyl groups is 2. The van der Waals surface area contributed by atoms with Crippen LogP contribution in [-0.2, 0) is 26.2 Å². The van der Waals surface area contributed by atoms with Crippen LogP contribution in [0.3, 0.4) is 0 Å². The summed E-state index contributed by atoms with van der Waals surface area (Å²) in [6, 6.07) is 5.25. The second-order valence-electron chi connectivity index (χ2n) is 9.01. The number of imidazole rings is 1. The number of nitrogens with one attached hydrogen (secondary N) is 2. The van der Waals surface area contributed by atoms with Gasteiger partial charge in [0.2, 0.25) is 5.91 Å². The maximum Gasteiger partial charge on any atom is 0.279 e. The molecule has 4 rings (SSSR count). The van der Waals surface area contributed by atoms with E-state index in [4.69, 9.17) is 33.7 Å². The summed E-state index contributed by atoms with van der Waals surface area (Å²) in [5.41, 5.74) is 7.31. The Bertz CT molecular complexity index is 1490. The Balaban J connectivity index is 1.47. The van der Waals surface area contributed by atoms with E-state index in [1.807, 2.05) is 6.07 Å². The van der Waals surface area contributed by atoms with E-state index in [0.29, 0.717) is 23.0 Å². The summed E-state index contributed by atoms with van der Waals surface area (Å²) in [7, 11) is -1.11. The van der Waals surface area contributed by atoms with Gasteiger partial charge in [-0.15, -0.1) is 0 Å². The third kappa shape index (κ3) is 6.78. The lowest BCUT2D eigenvalue weighted by Crippen LogP contribution is -2.43. The number of nitrogens with two attached hydrogens (primary N) is 1. The van der Waals surface area contributed by atoms with Crippen LogP contribution in [0.2, 0.25) is 10.0 Å². The molecule has 3 heterocycles. The van der Waals surface area contributed by atoms with Crippen molar-refractivity contribution in [1.29, 1.82) is 0 Å². The van der Waals surface area contributed by atoms with Gasteiger partial charge in [0, 0.05) is 27.2 Å². The molecule has 18 heteroatoms. The first-order valence-corrected chi connectivity index (χ1v) is 15.1. The van der Waals surface area contributed by atoms with Gasteiger partial charge in [0.1, 0.15) is 24.6 Å². The SMILES string of the molecule is CN(C)S(=O)(=O)NC[C@H]1O[C@@H](n2c(SCC(=O)NCCc3ccc(Cl)c(Cl)c3)nc3c(N)ncnc32)[C@H](O)[C@@H]1O. The second kappa shape index (κ2) is 12.7. The number of nitrogens with zero attached hydrogens (tertiary/aromatic N) is 5. The highest BCUT2D eigenvalue weighted by Crippen LogP contribution is 2.36. The number of benzene rings is 1. The first-order chi connectivity index (χ1) is 18.9. The highest BCUT2D eigenvalue weighted by molar-refractivity contribution is 7.99. The van der Waals surface area contributed by atoms with Crippen molar-refractivity contribution in [2.45, 2.75) is 36.1 Å². The molecule has 1 aliphatic heterocycles.